The van der Waals surface area contributed by atoms with Crippen molar-refractivity contribution in [1.82, 2.24) is 0 Å². The predicted molar refractivity (Wildman–Crippen MR) is 84.0 cm³/mol. The average molecular weight is 306 g/mol. The number of anilines is 2. The Morgan fingerprint density at radius 2 is 1.95 bits per heavy atom. The number of benzene rings is 2. The Bertz CT molecular complexity index is 722. The summed E-state index contributed by atoms with van der Waals surface area (Å²) in [4.78, 5) is 0.141. The first-order chi connectivity index (χ1) is 9.90. The number of aryl methyl sites for hydroxylation is 1. The summed E-state index contributed by atoms with van der Waals surface area (Å²) in [5.41, 5.74) is 7.35. The van der Waals surface area contributed by atoms with Gasteiger partial charge in [0.05, 0.1) is 17.2 Å². The van der Waals surface area contributed by atoms with Gasteiger partial charge >= 0.3 is 0 Å². The maximum atomic E-state index is 12.4. The monoisotopic (exact) mass is 306 g/mol. The fourth-order valence-electron chi connectivity index (χ4n) is 1.96. The van der Waals surface area contributed by atoms with Gasteiger partial charge in [-0.05, 0) is 49.7 Å². The van der Waals surface area contributed by atoms with Crippen LogP contribution in [0.2, 0.25) is 0 Å². The van der Waals surface area contributed by atoms with E-state index in [2.05, 4.69) is 4.72 Å². The molecule has 2 aromatic rings. The standard InChI is InChI=1S/C15H18N2O3S/c1-3-20-14-6-4-5-13(10-14)17-21(18,19)15-8-11(2)7-12(16)9-15/h4-10,17H,3,16H2,1-2H3. The topological polar surface area (TPSA) is 81.4 Å². The second-order valence-corrected chi connectivity index (χ2v) is 6.33. The van der Waals surface area contributed by atoms with Crippen LogP contribution in [0.5, 0.6) is 5.75 Å². The van der Waals surface area contributed by atoms with Gasteiger partial charge in [-0.15, -0.1) is 0 Å². The molecule has 0 heterocycles. The van der Waals surface area contributed by atoms with E-state index >= 15 is 0 Å². The van der Waals surface area contributed by atoms with Crippen LogP contribution in [-0.2, 0) is 10.0 Å². The normalized spacial score (nSPS) is 11.1. The summed E-state index contributed by atoms with van der Waals surface area (Å²) < 4.78 is 32.6. The second-order valence-electron chi connectivity index (χ2n) is 4.65. The van der Waals surface area contributed by atoms with E-state index in [9.17, 15) is 8.42 Å². The molecule has 2 rings (SSSR count). The summed E-state index contributed by atoms with van der Waals surface area (Å²) in [6.45, 7) is 4.18. The molecule has 0 aliphatic heterocycles. The minimum absolute atomic E-state index is 0.141. The van der Waals surface area contributed by atoms with Crippen LogP contribution in [-0.4, -0.2) is 15.0 Å². The zero-order chi connectivity index (χ0) is 15.5. The largest absolute Gasteiger partial charge is 0.494 e. The van der Waals surface area contributed by atoms with E-state index < -0.39 is 10.0 Å². The Morgan fingerprint density at radius 1 is 1.19 bits per heavy atom. The van der Waals surface area contributed by atoms with Crippen molar-refractivity contribution in [3.8, 4) is 5.75 Å². The van der Waals surface area contributed by atoms with Crippen LogP contribution in [0.25, 0.3) is 0 Å². The molecule has 0 bridgehead atoms. The first-order valence-electron chi connectivity index (χ1n) is 6.53. The first-order valence-corrected chi connectivity index (χ1v) is 8.02. The molecule has 0 saturated heterocycles. The molecule has 0 saturated carbocycles. The lowest BCUT2D eigenvalue weighted by atomic mass is 10.2. The second kappa shape index (κ2) is 6.05. The highest BCUT2D eigenvalue weighted by molar-refractivity contribution is 7.92. The number of sulfonamides is 1. The molecule has 6 heteroatoms. The summed E-state index contributed by atoms with van der Waals surface area (Å²) in [5.74, 6) is 0.612. The summed E-state index contributed by atoms with van der Waals surface area (Å²) in [7, 11) is -3.68. The molecule has 0 radical (unpaired) electrons. The lowest BCUT2D eigenvalue weighted by Gasteiger charge is -2.11. The van der Waals surface area contributed by atoms with E-state index in [0.29, 0.717) is 23.7 Å². The van der Waals surface area contributed by atoms with Crippen molar-refractivity contribution >= 4 is 21.4 Å². The summed E-state index contributed by atoms with van der Waals surface area (Å²) in [5, 5.41) is 0. The number of nitrogens with two attached hydrogens (primary N) is 1. The van der Waals surface area contributed by atoms with Crippen molar-refractivity contribution < 1.29 is 13.2 Å². The van der Waals surface area contributed by atoms with E-state index in [4.69, 9.17) is 10.5 Å². The highest BCUT2D eigenvalue weighted by atomic mass is 32.2. The number of ether oxygens (including phenoxy) is 1. The maximum Gasteiger partial charge on any atom is 0.261 e. The van der Waals surface area contributed by atoms with E-state index in [0.717, 1.165) is 5.56 Å². The van der Waals surface area contributed by atoms with Crippen molar-refractivity contribution in [2.75, 3.05) is 17.1 Å². The molecule has 0 aromatic heterocycles. The smallest absolute Gasteiger partial charge is 0.261 e. The third-order valence-electron chi connectivity index (χ3n) is 2.78. The van der Waals surface area contributed by atoms with Gasteiger partial charge in [0.1, 0.15) is 5.75 Å². The van der Waals surface area contributed by atoms with Gasteiger partial charge in [-0.2, -0.15) is 0 Å². The number of rotatable bonds is 5. The van der Waals surface area contributed by atoms with Crippen LogP contribution in [0.15, 0.2) is 47.4 Å². The van der Waals surface area contributed by atoms with Crippen molar-refractivity contribution in [3.63, 3.8) is 0 Å². The minimum atomic E-state index is -3.68. The molecular weight excluding hydrogens is 288 g/mol. The van der Waals surface area contributed by atoms with E-state index in [1.54, 1.807) is 43.3 Å². The van der Waals surface area contributed by atoms with Gasteiger partial charge in [-0.3, -0.25) is 4.72 Å². The van der Waals surface area contributed by atoms with Crippen LogP contribution in [0.3, 0.4) is 0 Å². The lowest BCUT2D eigenvalue weighted by molar-refractivity contribution is 0.340. The molecule has 112 valence electrons. The van der Waals surface area contributed by atoms with Crippen LogP contribution in [0, 0.1) is 6.92 Å². The molecule has 0 unspecified atom stereocenters. The Labute approximate surface area is 124 Å². The molecule has 0 fully saturated rings. The minimum Gasteiger partial charge on any atom is -0.494 e. The Kier molecular flexibility index (Phi) is 4.37. The van der Waals surface area contributed by atoms with Crippen molar-refractivity contribution in [1.29, 1.82) is 0 Å². The Balaban J connectivity index is 2.30. The van der Waals surface area contributed by atoms with E-state index in [1.165, 1.54) is 6.07 Å². The summed E-state index contributed by atoms with van der Waals surface area (Å²) in [6.07, 6.45) is 0. The van der Waals surface area contributed by atoms with Crippen LogP contribution in [0.4, 0.5) is 11.4 Å². The molecule has 0 atom stereocenters. The van der Waals surface area contributed by atoms with Gasteiger partial charge in [0.15, 0.2) is 0 Å². The highest BCUT2D eigenvalue weighted by Crippen LogP contribution is 2.22. The fraction of sp³-hybridized carbons (Fsp3) is 0.200. The van der Waals surface area contributed by atoms with Crippen LogP contribution >= 0.6 is 0 Å². The van der Waals surface area contributed by atoms with Gasteiger partial charge < -0.3 is 10.5 Å². The molecule has 5 nitrogen and oxygen atoms in total. The lowest BCUT2D eigenvalue weighted by Crippen LogP contribution is -2.13. The zero-order valence-electron chi connectivity index (χ0n) is 12.0. The number of nitrogen functional groups attached to an aromatic ring is 1. The SMILES string of the molecule is CCOc1cccc(NS(=O)(=O)c2cc(C)cc(N)c2)c1. The quantitative estimate of drug-likeness (QED) is 0.832. The Morgan fingerprint density at radius 3 is 2.62 bits per heavy atom. The zero-order valence-corrected chi connectivity index (χ0v) is 12.8. The third kappa shape index (κ3) is 3.88. The van der Waals surface area contributed by atoms with Gasteiger partial charge in [0, 0.05) is 11.8 Å². The van der Waals surface area contributed by atoms with Gasteiger partial charge in [-0.1, -0.05) is 6.07 Å². The van der Waals surface area contributed by atoms with Crippen LogP contribution < -0.4 is 15.2 Å². The van der Waals surface area contributed by atoms with E-state index in [1.807, 2.05) is 6.92 Å². The predicted octanol–water partition coefficient (Wildman–Crippen LogP) is 2.78. The molecule has 0 spiro atoms. The summed E-state index contributed by atoms with van der Waals surface area (Å²) >= 11 is 0. The Hall–Kier alpha value is -2.21. The highest BCUT2D eigenvalue weighted by Gasteiger charge is 2.15. The van der Waals surface area contributed by atoms with Crippen molar-refractivity contribution in [2.24, 2.45) is 0 Å². The summed E-state index contributed by atoms with van der Waals surface area (Å²) in [6, 6.07) is 11.5. The van der Waals surface area contributed by atoms with Crippen LogP contribution in [0.1, 0.15) is 12.5 Å². The van der Waals surface area contributed by atoms with Crippen molar-refractivity contribution in [2.45, 2.75) is 18.7 Å². The molecule has 0 aliphatic rings. The number of hydrogen-bond donors (Lipinski definition) is 2. The van der Waals surface area contributed by atoms with Gasteiger partial charge in [0.2, 0.25) is 0 Å². The van der Waals surface area contributed by atoms with Crippen molar-refractivity contribution in [3.05, 3.63) is 48.0 Å². The maximum absolute atomic E-state index is 12.4. The molecule has 0 aliphatic carbocycles. The van der Waals surface area contributed by atoms with Gasteiger partial charge in [-0.25, -0.2) is 8.42 Å². The molecule has 21 heavy (non-hydrogen) atoms. The molecule has 2 aromatic carbocycles. The third-order valence-corrected chi connectivity index (χ3v) is 4.14. The average Bonchev–Trinajstić information content (AvgIpc) is 2.38. The molecule has 3 N–H and O–H groups in total. The van der Waals surface area contributed by atoms with Gasteiger partial charge in [0.25, 0.3) is 10.0 Å². The van der Waals surface area contributed by atoms with E-state index in [-0.39, 0.29) is 4.90 Å². The molecular formula is C15H18N2O3S. The fourth-order valence-corrected chi connectivity index (χ4v) is 3.15. The number of nitrogens with one attached hydrogen (secondary N) is 1. The molecule has 0 amide bonds. The number of hydrogen-bond acceptors (Lipinski definition) is 4. The first kappa shape index (κ1) is 15.2.